The Morgan fingerprint density at radius 2 is 1.89 bits per heavy atom. The van der Waals surface area contributed by atoms with Gasteiger partial charge >= 0.3 is 0 Å². The van der Waals surface area contributed by atoms with Gasteiger partial charge in [-0.3, -0.25) is 0 Å². The van der Waals surface area contributed by atoms with E-state index in [-0.39, 0.29) is 12.1 Å². The number of benzene rings is 1. The van der Waals surface area contributed by atoms with Gasteiger partial charge in [0.05, 0.1) is 0 Å². The maximum atomic E-state index is 6.29. The normalized spacial score (nSPS) is 25.0. The summed E-state index contributed by atoms with van der Waals surface area (Å²) in [6.07, 6.45) is 3.16. The Morgan fingerprint density at radius 3 is 2.68 bits per heavy atom. The first-order chi connectivity index (χ1) is 9.33. The summed E-state index contributed by atoms with van der Waals surface area (Å²) in [5.41, 5.74) is 6.29. The van der Waals surface area contributed by atoms with Crippen LogP contribution in [0.15, 0.2) is 24.3 Å². The first-order valence-electron chi connectivity index (χ1n) is 7.05. The monoisotopic (exact) mass is 263 g/mol. The number of para-hydroxylation sites is 2. The van der Waals surface area contributed by atoms with E-state index in [1.165, 1.54) is 0 Å². The molecule has 0 saturated carbocycles. The molecule has 0 amide bonds. The molecule has 0 aliphatic carbocycles. The fraction of sp³-hybridized carbons (Fsp3) is 0.600. The summed E-state index contributed by atoms with van der Waals surface area (Å²) in [5.74, 6) is 2.28. The summed E-state index contributed by atoms with van der Waals surface area (Å²) < 4.78 is 17.0. The molecule has 0 unspecified atom stereocenters. The largest absolute Gasteiger partial charge is 0.486 e. The van der Waals surface area contributed by atoms with Crippen molar-refractivity contribution in [3.63, 3.8) is 0 Å². The minimum Gasteiger partial charge on any atom is -0.486 e. The molecule has 0 spiro atoms. The summed E-state index contributed by atoms with van der Waals surface area (Å²) in [5, 5.41) is 0. The molecule has 0 bridgehead atoms. The Bertz CT molecular complexity index is 418. The smallest absolute Gasteiger partial charge is 0.161 e. The molecule has 3 rings (SSSR count). The first-order valence-corrected chi connectivity index (χ1v) is 7.05. The van der Waals surface area contributed by atoms with Crippen molar-refractivity contribution in [3.8, 4) is 11.5 Å². The van der Waals surface area contributed by atoms with Gasteiger partial charge in [-0.2, -0.15) is 0 Å². The molecular weight excluding hydrogens is 242 g/mol. The molecule has 0 radical (unpaired) electrons. The lowest BCUT2D eigenvalue weighted by molar-refractivity contribution is 0.0392. The Hall–Kier alpha value is -1.26. The molecule has 19 heavy (non-hydrogen) atoms. The van der Waals surface area contributed by atoms with Crippen LogP contribution in [-0.4, -0.2) is 32.0 Å². The van der Waals surface area contributed by atoms with Gasteiger partial charge < -0.3 is 19.9 Å². The molecule has 2 aliphatic rings. The number of rotatable bonds is 3. The second-order valence-electron chi connectivity index (χ2n) is 5.37. The highest BCUT2D eigenvalue weighted by Gasteiger charge is 2.28. The van der Waals surface area contributed by atoms with E-state index >= 15 is 0 Å². The van der Waals surface area contributed by atoms with Crippen LogP contribution < -0.4 is 15.2 Å². The van der Waals surface area contributed by atoms with Gasteiger partial charge in [0.25, 0.3) is 0 Å². The molecule has 0 aromatic heterocycles. The minimum absolute atomic E-state index is 0.0245. The predicted molar refractivity (Wildman–Crippen MR) is 72.5 cm³/mol. The average Bonchev–Trinajstić information content (AvgIpc) is 2.48. The summed E-state index contributed by atoms with van der Waals surface area (Å²) in [6, 6.07) is 7.79. The Morgan fingerprint density at radius 1 is 1.16 bits per heavy atom. The van der Waals surface area contributed by atoms with Crippen molar-refractivity contribution < 1.29 is 14.2 Å². The molecule has 1 saturated heterocycles. The van der Waals surface area contributed by atoms with E-state index in [0.29, 0.717) is 12.5 Å². The Balaban J connectivity index is 1.58. The highest BCUT2D eigenvalue weighted by Crippen LogP contribution is 2.32. The standard InChI is InChI=1S/C15H21NO3/c16-12(9-11-5-7-17-8-6-11)15-10-18-13-3-1-2-4-14(13)19-15/h1-4,11-12,15H,5-10,16H2/t12-,15+/m0/s1. The maximum absolute atomic E-state index is 6.29. The average molecular weight is 263 g/mol. The van der Waals surface area contributed by atoms with Crippen molar-refractivity contribution in [1.29, 1.82) is 0 Å². The van der Waals surface area contributed by atoms with Gasteiger partial charge in [0.2, 0.25) is 0 Å². The molecule has 104 valence electrons. The van der Waals surface area contributed by atoms with Gasteiger partial charge in [0, 0.05) is 19.3 Å². The third-order valence-electron chi connectivity index (χ3n) is 3.95. The summed E-state index contributed by atoms with van der Waals surface area (Å²) in [7, 11) is 0. The van der Waals surface area contributed by atoms with Crippen LogP contribution in [0, 0.1) is 5.92 Å². The zero-order valence-electron chi connectivity index (χ0n) is 11.1. The fourth-order valence-electron chi connectivity index (χ4n) is 2.77. The van der Waals surface area contributed by atoms with Gasteiger partial charge in [-0.25, -0.2) is 0 Å². The molecular formula is C15H21NO3. The first kappa shape index (κ1) is 12.8. The second kappa shape index (κ2) is 5.80. The van der Waals surface area contributed by atoms with Crippen molar-refractivity contribution in [2.24, 2.45) is 11.7 Å². The topological polar surface area (TPSA) is 53.7 Å². The Kier molecular flexibility index (Phi) is 3.89. The third-order valence-corrected chi connectivity index (χ3v) is 3.95. The van der Waals surface area contributed by atoms with Crippen LogP contribution in [0.5, 0.6) is 11.5 Å². The highest BCUT2D eigenvalue weighted by atomic mass is 16.6. The van der Waals surface area contributed by atoms with Crippen LogP contribution >= 0.6 is 0 Å². The number of hydrogen-bond acceptors (Lipinski definition) is 4. The molecule has 2 atom stereocenters. The second-order valence-corrected chi connectivity index (χ2v) is 5.37. The van der Waals surface area contributed by atoms with Crippen molar-refractivity contribution in [1.82, 2.24) is 0 Å². The van der Waals surface area contributed by atoms with Crippen LogP contribution in [-0.2, 0) is 4.74 Å². The van der Waals surface area contributed by atoms with Crippen LogP contribution in [0.2, 0.25) is 0 Å². The van der Waals surface area contributed by atoms with Gasteiger partial charge in [-0.1, -0.05) is 12.1 Å². The lowest BCUT2D eigenvalue weighted by atomic mass is 9.90. The molecule has 4 heteroatoms. The van der Waals surface area contributed by atoms with Crippen molar-refractivity contribution in [2.45, 2.75) is 31.4 Å². The Labute approximate surface area is 113 Å². The maximum Gasteiger partial charge on any atom is 0.161 e. The summed E-state index contributed by atoms with van der Waals surface area (Å²) in [4.78, 5) is 0. The van der Waals surface area contributed by atoms with Gasteiger partial charge in [-0.15, -0.1) is 0 Å². The van der Waals surface area contributed by atoms with Crippen LogP contribution in [0.1, 0.15) is 19.3 Å². The van der Waals surface area contributed by atoms with E-state index in [0.717, 1.165) is 44.0 Å². The molecule has 2 heterocycles. The number of ether oxygens (including phenoxy) is 3. The van der Waals surface area contributed by atoms with Crippen molar-refractivity contribution in [3.05, 3.63) is 24.3 Å². The number of hydrogen-bond donors (Lipinski definition) is 1. The summed E-state index contributed by atoms with van der Waals surface area (Å²) in [6.45, 7) is 2.27. The van der Waals surface area contributed by atoms with Crippen LogP contribution in [0.4, 0.5) is 0 Å². The molecule has 4 nitrogen and oxygen atoms in total. The van der Waals surface area contributed by atoms with E-state index in [1.54, 1.807) is 0 Å². The van der Waals surface area contributed by atoms with E-state index in [1.807, 2.05) is 24.3 Å². The summed E-state index contributed by atoms with van der Waals surface area (Å²) >= 11 is 0. The minimum atomic E-state index is -0.0438. The van der Waals surface area contributed by atoms with Crippen molar-refractivity contribution in [2.75, 3.05) is 19.8 Å². The highest BCUT2D eigenvalue weighted by molar-refractivity contribution is 5.40. The van der Waals surface area contributed by atoms with Gasteiger partial charge in [0.15, 0.2) is 11.5 Å². The number of nitrogens with two attached hydrogens (primary N) is 1. The number of fused-ring (bicyclic) bond motifs is 1. The van der Waals surface area contributed by atoms with E-state index in [2.05, 4.69) is 0 Å². The predicted octanol–water partition coefficient (Wildman–Crippen LogP) is 1.97. The zero-order chi connectivity index (χ0) is 13.1. The molecule has 2 N–H and O–H groups in total. The van der Waals surface area contributed by atoms with Gasteiger partial charge in [-0.05, 0) is 37.3 Å². The van der Waals surface area contributed by atoms with E-state index in [4.69, 9.17) is 19.9 Å². The zero-order valence-corrected chi connectivity index (χ0v) is 11.1. The molecule has 2 aliphatic heterocycles. The molecule has 1 fully saturated rings. The van der Waals surface area contributed by atoms with Crippen molar-refractivity contribution >= 4 is 0 Å². The lowest BCUT2D eigenvalue weighted by Gasteiger charge is -2.32. The van der Waals surface area contributed by atoms with Crippen LogP contribution in [0.3, 0.4) is 0 Å². The quantitative estimate of drug-likeness (QED) is 0.906. The lowest BCUT2D eigenvalue weighted by Crippen LogP contribution is -2.46. The van der Waals surface area contributed by atoms with E-state index in [9.17, 15) is 0 Å². The molecule has 1 aromatic rings. The van der Waals surface area contributed by atoms with Gasteiger partial charge in [0.1, 0.15) is 12.7 Å². The SMILES string of the molecule is N[C@@H](CC1CCOCC1)[C@H]1COc2ccccc2O1. The fourth-order valence-corrected chi connectivity index (χ4v) is 2.77. The van der Waals surface area contributed by atoms with E-state index < -0.39 is 0 Å². The molecule has 1 aromatic carbocycles. The third kappa shape index (κ3) is 3.01. The van der Waals surface area contributed by atoms with Crippen LogP contribution in [0.25, 0.3) is 0 Å².